The Balaban J connectivity index is 0.000000332. The van der Waals surface area contributed by atoms with Crippen molar-refractivity contribution >= 4 is 47.0 Å². The second-order valence-electron chi connectivity index (χ2n) is 26.1. The van der Waals surface area contributed by atoms with Crippen molar-refractivity contribution in [3.05, 3.63) is 0 Å². The topological polar surface area (TPSA) is 173 Å². The van der Waals surface area contributed by atoms with Crippen LogP contribution in [0, 0.1) is 92.7 Å². The second kappa shape index (κ2) is 31.8. The molecule has 13 unspecified atom stereocenters. The lowest BCUT2D eigenvalue weighted by molar-refractivity contribution is -0.151. The first-order chi connectivity index (χ1) is 37.2. The smallest absolute Gasteiger partial charge is 0.309 e. The van der Waals surface area contributed by atoms with Gasteiger partial charge in [-0.1, -0.05) is 145 Å². The molecule has 11 fully saturated rings. The van der Waals surface area contributed by atoms with Crippen molar-refractivity contribution in [2.24, 2.45) is 92.7 Å². The number of hydrogen-bond acceptors (Lipinski definition) is 12. The van der Waals surface area contributed by atoms with Crippen molar-refractivity contribution in [2.75, 3.05) is 6.61 Å². The van der Waals surface area contributed by atoms with Crippen LogP contribution in [-0.2, 0) is 57.3 Å². The Morgan fingerprint density at radius 3 is 1.13 bits per heavy atom. The first-order valence-corrected chi connectivity index (χ1v) is 32.1. The predicted molar refractivity (Wildman–Crippen MR) is 314 cm³/mol. The fourth-order valence-electron chi connectivity index (χ4n) is 13.5. The minimum atomic E-state index is -0.303. The van der Waals surface area contributed by atoms with Crippen LogP contribution in [0.5, 0.6) is 0 Å². The molecule has 0 radical (unpaired) electrons. The molecule has 5 aliphatic heterocycles. The average Bonchev–Trinajstić information content (AvgIpc) is 4.44. The molecule has 12 heteroatoms. The van der Waals surface area contributed by atoms with Gasteiger partial charge in [-0.2, -0.15) is 0 Å². The van der Waals surface area contributed by atoms with Gasteiger partial charge in [0.2, 0.25) is 0 Å². The van der Waals surface area contributed by atoms with Gasteiger partial charge in [0.25, 0.3) is 0 Å². The van der Waals surface area contributed by atoms with E-state index in [2.05, 4.69) is 13.8 Å². The summed E-state index contributed by atoms with van der Waals surface area (Å²) in [4.78, 5) is 93.5. The van der Waals surface area contributed by atoms with Gasteiger partial charge in [-0.15, -0.1) is 0 Å². The molecule has 456 valence electrons. The third-order valence-corrected chi connectivity index (χ3v) is 20.2. The highest BCUT2D eigenvalue weighted by atomic mass is 16.6. The zero-order valence-electron chi connectivity index (χ0n) is 54.0. The summed E-state index contributed by atoms with van der Waals surface area (Å²) < 4.78 is 21.2. The quantitative estimate of drug-likeness (QED) is 0.112. The van der Waals surface area contributed by atoms with Crippen LogP contribution in [0.25, 0.3) is 0 Å². The average molecular weight is 1110 g/mol. The number of fused-ring (bicyclic) bond motifs is 3. The van der Waals surface area contributed by atoms with E-state index in [0.29, 0.717) is 91.6 Å². The SMILES string of the molecule is CC.CC.CC.CC.CCC(=O)C(C)(C)CC.CCC(C)(C)C(=O)CC1C2CC3C(=O)OC1C3C2.CCC(C)(C)C(=O)CC1C2CC3C(=O)OC1C3C2.CCC(C)(C)C(=O)CC1CCOC1=O.O=C1OC2CC3CC(C2)CC1C3. The van der Waals surface area contributed by atoms with E-state index in [1.807, 2.05) is 132 Å². The van der Waals surface area contributed by atoms with Gasteiger partial charge in [-0.3, -0.25) is 38.4 Å². The molecule has 12 nitrogen and oxygen atoms in total. The number of Topliss-reactive ketones (excluding diaryl/α,β-unsaturated/α-hetero) is 4. The maximum absolute atomic E-state index is 12.3. The van der Waals surface area contributed by atoms with Gasteiger partial charge in [-0.05, 0) is 114 Å². The van der Waals surface area contributed by atoms with Crippen LogP contribution < -0.4 is 0 Å². The molecule has 13 atom stereocenters. The Hall–Kier alpha value is -3.44. The van der Waals surface area contributed by atoms with Crippen molar-refractivity contribution in [3.8, 4) is 0 Å². The van der Waals surface area contributed by atoms with Gasteiger partial charge in [0.15, 0.2) is 0 Å². The first-order valence-electron chi connectivity index (χ1n) is 32.1. The van der Waals surface area contributed by atoms with E-state index in [9.17, 15) is 38.4 Å². The Labute approximate surface area is 481 Å². The second-order valence-corrected chi connectivity index (χ2v) is 26.1. The molecule has 0 aromatic rings. The van der Waals surface area contributed by atoms with Crippen molar-refractivity contribution in [1.82, 2.24) is 0 Å². The normalized spacial score (nSPS) is 32.0. The zero-order chi connectivity index (χ0) is 60.5. The summed E-state index contributed by atoms with van der Waals surface area (Å²) >= 11 is 0. The molecular formula is C67H116O12. The van der Waals surface area contributed by atoms with Gasteiger partial charge in [0.1, 0.15) is 41.4 Å². The van der Waals surface area contributed by atoms with E-state index in [4.69, 9.17) is 18.9 Å². The highest BCUT2D eigenvalue weighted by Gasteiger charge is 2.63. The molecule has 5 saturated heterocycles. The molecule has 11 aliphatic rings. The first kappa shape index (κ1) is 71.7. The van der Waals surface area contributed by atoms with Crippen LogP contribution in [0.4, 0.5) is 0 Å². The summed E-state index contributed by atoms with van der Waals surface area (Å²) in [6.45, 7) is 42.5. The van der Waals surface area contributed by atoms with E-state index in [0.717, 1.165) is 88.9 Å². The predicted octanol–water partition coefficient (Wildman–Crippen LogP) is 15.3. The molecule has 0 aromatic carbocycles. The molecule has 79 heavy (non-hydrogen) atoms. The summed E-state index contributed by atoms with van der Waals surface area (Å²) in [5.74, 6) is 5.65. The van der Waals surface area contributed by atoms with Crippen molar-refractivity contribution in [3.63, 3.8) is 0 Å². The largest absolute Gasteiger partial charge is 0.465 e. The molecule has 5 heterocycles. The number of rotatable bonds is 15. The third kappa shape index (κ3) is 17.8. The minimum absolute atomic E-state index is 0.00259. The van der Waals surface area contributed by atoms with Gasteiger partial charge >= 0.3 is 23.9 Å². The molecule has 6 saturated carbocycles. The monoisotopic (exact) mass is 1110 g/mol. The number of ether oxygens (including phenoxy) is 4. The van der Waals surface area contributed by atoms with Crippen LogP contribution in [0.3, 0.4) is 0 Å². The van der Waals surface area contributed by atoms with E-state index in [1.165, 1.54) is 6.42 Å². The van der Waals surface area contributed by atoms with E-state index in [-0.39, 0.29) is 93.3 Å². The van der Waals surface area contributed by atoms with Crippen LogP contribution in [0.1, 0.15) is 261 Å². The van der Waals surface area contributed by atoms with Crippen molar-refractivity contribution in [1.29, 1.82) is 0 Å². The lowest BCUT2D eigenvalue weighted by atomic mass is 9.68. The molecular weight excluding hydrogens is 997 g/mol. The lowest BCUT2D eigenvalue weighted by Gasteiger charge is -2.35. The third-order valence-electron chi connectivity index (χ3n) is 20.2. The van der Waals surface area contributed by atoms with Crippen molar-refractivity contribution in [2.45, 2.75) is 279 Å². The summed E-state index contributed by atoms with van der Waals surface area (Å²) in [6.07, 6.45) is 16.9. The summed E-state index contributed by atoms with van der Waals surface area (Å²) in [7, 11) is 0. The molecule has 0 aromatic heterocycles. The Kier molecular flexibility index (Phi) is 28.9. The molecule has 6 aliphatic carbocycles. The van der Waals surface area contributed by atoms with E-state index in [1.54, 1.807) is 0 Å². The molecule has 0 amide bonds. The number of ketones is 4. The zero-order valence-corrected chi connectivity index (χ0v) is 54.0. The van der Waals surface area contributed by atoms with Gasteiger partial charge in [0, 0.05) is 71.0 Å². The van der Waals surface area contributed by atoms with Gasteiger partial charge in [0.05, 0.1) is 30.3 Å². The minimum Gasteiger partial charge on any atom is -0.465 e. The highest BCUT2D eigenvalue weighted by Crippen LogP contribution is 2.60. The maximum atomic E-state index is 12.3. The van der Waals surface area contributed by atoms with Gasteiger partial charge < -0.3 is 18.9 Å². The number of hydrogen-bond donors (Lipinski definition) is 0. The summed E-state index contributed by atoms with van der Waals surface area (Å²) in [6, 6.07) is 0. The number of carbonyl (C=O) groups is 8. The Bertz CT molecular complexity index is 1910. The standard InChI is InChI=1S/2C15H22O3.C11H18O3.C10H14O2.C8H16O.4C2H6/c2*1-4-15(2,3)12(16)7-9-8-5-10-11(6-8)14(17)18-13(9)10;1-4-11(2,3)9(12)7-8-5-6-14-10(8)13;11-10-8-2-6-1-7(3-8)5-9(4-6)12-10;1-5-7(9)8(3,4)6-2;4*1-2/h2*8-11,13H,4-7H2,1-3H3;8H,4-7H2,1-3H3;6-9H,1-5H2;5-6H2,1-4H3;4*1-2H3. The Morgan fingerprint density at radius 1 is 0.430 bits per heavy atom. The van der Waals surface area contributed by atoms with Crippen LogP contribution in [0.15, 0.2) is 0 Å². The molecule has 8 bridgehead atoms. The lowest BCUT2D eigenvalue weighted by Crippen LogP contribution is -2.33. The van der Waals surface area contributed by atoms with E-state index < -0.39 is 0 Å². The molecule has 0 spiro atoms. The van der Waals surface area contributed by atoms with Crippen molar-refractivity contribution < 1.29 is 57.3 Å². The van der Waals surface area contributed by atoms with Gasteiger partial charge in [-0.25, -0.2) is 0 Å². The maximum Gasteiger partial charge on any atom is 0.309 e. The Morgan fingerprint density at radius 2 is 0.797 bits per heavy atom. The fourth-order valence-corrected chi connectivity index (χ4v) is 13.5. The summed E-state index contributed by atoms with van der Waals surface area (Å²) in [5, 5.41) is 0. The molecule has 0 N–H and O–H groups in total. The van der Waals surface area contributed by atoms with E-state index >= 15 is 0 Å². The fraction of sp³-hybridized carbons (Fsp3) is 0.881. The summed E-state index contributed by atoms with van der Waals surface area (Å²) in [5.41, 5.74) is -0.856. The van der Waals surface area contributed by atoms with Crippen LogP contribution >= 0.6 is 0 Å². The number of carbonyl (C=O) groups excluding carboxylic acids is 8. The van der Waals surface area contributed by atoms with Crippen LogP contribution in [0.2, 0.25) is 0 Å². The highest BCUT2D eigenvalue weighted by molar-refractivity contribution is 5.89. The number of cyclic esters (lactones) is 1. The number of esters is 4. The molecule has 11 rings (SSSR count). The van der Waals surface area contributed by atoms with Crippen LogP contribution in [-0.4, -0.2) is 71.9 Å².